The lowest BCUT2D eigenvalue weighted by Crippen LogP contribution is -2.49. The Labute approximate surface area is 249 Å². The van der Waals surface area contributed by atoms with Crippen molar-refractivity contribution in [3.05, 3.63) is 65.7 Å². The van der Waals surface area contributed by atoms with Crippen LogP contribution in [0.2, 0.25) is 0 Å². The molecule has 0 spiro atoms. The Kier molecular flexibility index (Phi) is 13.0. The van der Waals surface area contributed by atoms with Crippen LogP contribution >= 0.6 is 0 Å². The van der Waals surface area contributed by atoms with Gasteiger partial charge in [-0.15, -0.1) is 0 Å². The Balaban J connectivity index is 2.05. The molecule has 2 aromatic carbocycles. The topological polar surface area (TPSA) is 142 Å². The first-order valence-electron chi connectivity index (χ1n) is 14.2. The van der Waals surface area contributed by atoms with Crippen molar-refractivity contribution in [1.82, 2.24) is 14.9 Å². The fourth-order valence-electron chi connectivity index (χ4n) is 4.30. The number of hydrogen-bond donors (Lipinski definition) is 3. The molecule has 10 nitrogen and oxygen atoms in total. The fourth-order valence-corrected chi connectivity index (χ4v) is 6.07. The van der Waals surface area contributed by atoms with E-state index in [1.807, 2.05) is 51.1 Å². The largest absolute Gasteiger partial charge is 0.480 e. The summed E-state index contributed by atoms with van der Waals surface area (Å²) < 4.78 is 33.3. The van der Waals surface area contributed by atoms with Crippen LogP contribution in [-0.2, 0) is 30.8 Å². The molecule has 3 N–H and O–H groups in total. The number of carboxylic acids is 1. The van der Waals surface area contributed by atoms with E-state index in [-0.39, 0.29) is 36.7 Å². The van der Waals surface area contributed by atoms with Crippen LogP contribution in [-0.4, -0.2) is 66.6 Å². The number of ether oxygens (including phenoxy) is 1. The number of aryl methyl sites for hydroxylation is 1. The summed E-state index contributed by atoms with van der Waals surface area (Å²) in [6, 6.07) is 13.5. The molecule has 0 aromatic heterocycles. The average Bonchev–Trinajstić information content (AvgIpc) is 2.88. The molecular weight excluding hydrogens is 558 g/mol. The number of unbranched alkanes of at least 4 members (excludes halogenated alkanes) is 1. The van der Waals surface area contributed by atoms with Crippen molar-refractivity contribution in [1.29, 1.82) is 0 Å². The average molecular weight is 604 g/mol. The zero-order valence-corrected chi connectivity index (χ0v) is 26.2. The van der Waals surface area contributed by atoms with E-state index in [1.54, 1.807) is 32.9 Å². The molecule has 0 fully saturated rings. The zero-order chi connectivity index (χ0) is 31.5. The lowest BCUT2D eigenvalue weighted by atomic mass is 10.1. The van der Waals surface area contributed by atoms with Gasteiger partial charge in [0.05, 0.1) is 4.90 Å². The lowest BCUT2D eigenvalue weighted by Gasteiger charge is -2.29. The van der Waals surface area contributed by atoms with Crippen LogP contribution in [0.5, 0.6) is 0 Å². The minimum atomic E-state index is -4.05. The van der Waals surface area contributed by atoms with Gasteiger partial charge in [-0.3, -0.25) is 9.59 Å². The molecule has 2 aromatic rings. The number of alkyl carbamates (subject to hydrolysis) is 1. The number of benzene rings is 2. The van der Waals surface area contributed by atoms with Gasteiger partial charge >= 0.3 is 12.1 Å². The molecule has 2 atom stereocenters. The number of amides is 2. The molecule has 0 aliphatic rings. The molecule has 232 valence electrons. The van der Waals surface area contributed by atoms with Crippen LogP contribution in [0.4, 0.5) is 4.79 Å². The summed E-state index contributed by atoms with van der Waals surface area (Å²) in [5.74, 6) is -1.71. The third-order valence-corrected chi connectivity index (χ3v) is 8.19. The summed E-state index contributed by atoms with van der Waals surface area (Å²) in [6.45, 7) is 11.0. The quantitative estimate of drug-likeness (QED) is 0.254. The van der Waals surface area contributed by atoms with E-state index in [0.29, 0.717) is 12.8 Å². The van der Waals surface area contributed by atoms with Gasteiger partial charge in [-0.2, -0.15) is 4.31 Å². The Bertz CT molecular complexity index is 1270. The van der Waals surface area contributed by atoms with Gasteiger partial charge in [-0.1, -0.05) is 61.9 Å². The minimum absolute atomic E-state index is 0.0502. The molecule has 2 amide bonds. The second-order valence-electron chi connectivity index (χ2n) is 11.8. The number of carbonyl (C=O) groups excluding carboxylic acids is 2. The normalized spacial score (nSPS) is 13.4. The van der Waals surface area contributed by atoms with Crippen LogP contribution in [0, 0.1) is 12.8 Å². The molecule has 0 radical (unpaired) electrons. The van der Waals surface area contributed by atoms with Crippen LogP contribution in [0.25, 0.3) is 0 Å². The van der Waals surface area contributed by atoms with Crippen molar-refractivity contribution in [2.45, 2.75) is 89.8 Å². The molecule has 0 unspecified atom stereocenters. The van der Waals surface area contributed by atoms with Gasteiger partial charge < -0.3 is 20.5 Å². The van der Waals surface area contributed by atoms with Crippen LogP contribution in [0.3, 0.4) is 0 Å². The number of carbonyl (C=O) groups is 3. The molecule has 0 aliphatic carbocycles. The van der Waals surface area contributed by atoms with E-state index in [2.05, 4.69) is 10.6 Å². The summed E-state index contributed by atoms with van der Waals surface area (Å²) in [5.41, 5.74) is 1.03. The van der Waals surface area contributed by atoms with Crippen molar-refractivity contribution in [3.8, 4) is 0 Å². The molecule has 0 heterocycles. The zero-order valence-electron chi connectivity index (χ0n) is 25.4. The minimum Gasteiger partial charge on any atom is -0.480 e. The Hall–Kier alpha value is -3.44. The number of hydrogen-bond acceptors (Lipinski definition) is 6. The van der Waals surface area contributed by atoms with Crippen LogP contribution in [0.1, 0.15) is 65.0 Å². The van der Waals surface area contributed by atoms with Crippen molar-refractivity contribution < 1.29 is 32.6 Å². The summed E-state index contributed by atoms with van der Waals surface area (Å²) in [7, 11) is -4.05. The highest BCUT2D eigenvalue weighted by molar-refractivity contribution is 7.89. The van der Waals surface area contributed by atoms with Gasteiger partial charge in [0.2, 0.25) is 15.9 Å². The second kappa shape index (κ2) is 15.7. The standard InChI is InChI=1S/C31H45N3O7S/c1-22(2)21-34(42(39,40)25-17-15-23(3)16-18-25)27(29(36)37)14-10-11-19-32-28(35)26(20-24-12-8-7-9-13-24)33-30(38)41-31(4,5)6/h7-9,12-13,15-18,22,26-27H,10-11,14,19-21H2,1-6H3,(H,32,35)(H,33,38)(H,36,37)/t26-,27-/m0/s1. The maximum absolute atomic E-state index is 13.5. The molecule has 2 rings (SSSR count). The maximum Gasteiger partial charge on any atom is 0.408 e. The van der Waals surface area contributed by atoms with E-state index in [0.717, 1.165) is 15.4 Å². The monoisotopic (exact) mass is 603 g/mol. The number of carboxylic acid groups (broad SMARTS) is 1. The van der Waals surface area contributed by atoms with Crippen LogP contribution < -0.4 is 10.6 Å². The third-order valence-electron chi connectivity index (χ3n) is 6.30. The smallest absolute Gasteiger partial charge is 0.408 e. The third kappa shape index (κ3) is 11.4. The van der Waals surface area contributed by atoms with E-state index in [9.17, 15) is 27.9 Å². The molecule has 0 saturated carbocycles. The van der Waals surface area contributed by atoms with E-state index in [1.165, 1.54) is 12.1 Å². The first-order valence-corrected chi connectivity index (χ1v) is 15.7. The van der Waals surface area contributed by atoms with E-state index in [4.69, 9.17) is 4.74 Å². The molecule has 11 heteroatoms. The predicted molar refractivity (Wildman–Crippen MR) is 161 cm³/mol. The highest BCUT2D eigenvalue weighted by atomic mass is 32.2. The molecular formula is C31H45N3O7S. The highest BCUT2D eigenvalue weighted by Crippen LogP contribution is 2.23. The van der Waals surface area contributed by atoms with E-state index < -0.39 is 45.7 Å². The SMILES string of the molecule is Cc1ccc(S(=O)(=O)N(CC(C)C)[C@@H](CCCCNC(=O)[C@H](Cc2ccccc2)NC(=O)OC(C)(C)C)C(=O)O)cc1. The number of sulfonamides is 1. The Morgan fingerprint density at radius 1 is 0.976 bits per heavy atom. The lowest BCUT2D eigenvalue weighted by molar-refractivity contribution is -0.142. The Morgan fingerprint density at radius 3 is 2.14 bits per heavy atom. The number of nitrogens with one attached hydrogen (secondary N) is 2. The van der Waals surface area contributed by atoms with Gasteiger partial charge in [0, 0.05) is 19.5 Å². The number of nitrogens with zero attached hydrogens (tertiary/aromatic N) is 1. The van der Waals surface area contributed by atoms with Gasteiger partial charge in [0.1, 0.15) is 17.7 Å². The van der Waals surface area contributed by atoms with Crippen molar-refractivity contribution in [3.63, 3.8) is 0 Å². The summed E-state index contributed by atoms with van der Waals surface area (Å²) in [6.07, 6.45) is 0.404. The van der Waals surface area contributed by atoms with Crippen molar-refractivity contribution in [2.24, 2.45) is 5.92 Å². The van der Waals surface area contributed by atoms with Crippen LogP contribution in [0.15, 0.2) is 59.5 Å². The number of rotatable bonds is 15. The molecule has 0 bridgehead atoms. The summed E-state index contributed by atoms with van der Waals surface area (Å²) in [5, 5.41) is 15.5. The molecule has 0 aliphatic heterocycles. The first kappa shape index (κ1) is 34.8. The summed E-state index contributed by atoms with van der Waals surface area (Å²) >= 11 is 0. The maximum atomic E-state index is 13.5. The van der Waals surface area contributed by atoms with E-state index >= 15 is 0 Å². The van der Waals surface area contributed by atoms with Crippen molar-refractivity contribution in [2.75, 3.05) is 13.1 Å². The van der Waals surface area contributed by atoms with Gasteiger partial charge in [0.25, 0.3) is 0 Å². The van der Waals surface area contributed by atoms with Gasteiger partial charge in [-0.05, 0) is 70.6 Å². The second-order valence-corrected chi connectivity index (χ2v) is 13.7. The Morgan fingerprint density at radius 2 is 1.60 bits per heavy atom. The predicted octanol–water partition coefficient (Wildman–Crippen LogP) is 4.52. The highest BCUT2D eigenvalue weighted by Gasteiger charge is 2.36. The first-order chi connectivity index (χ1) is 19.6. The molecule has 0 saturated heterocycles. The summed E-state index contributed by atoms with van der Waals surface area (Å²) in [4.78, 5) is 37.7. The van der Waals surface area contributed by atoms with Crippen molar-refractivity contribution >= 4 is 28.0 Å². The molecule has 42 heavy (non-hydrogen) atoms. The fraction of sp³-hybridized carbons (Fsp3) is 0.516. The number of aliphatic carboxylic acids is 1. The van der Waals surface area contributed by atoms with Gasteiger partial charge in [0.15, 0.2) is 0 Å². The van der Waals surface area contributed by atoms with Gasteiger partial charge in [-0.25, -0.2) is 13.2 Å².